The highest BCUT2D eigenvalue weighted by Crippen LogP contribution is 2.15. The summed E-state index contributed by atoms with van der Waals surface area (Å²) in [5, 5.41) is 9.56. The minimum absolute atomic E-state index is 0.0680. The number of rotatable bonds is 41. The van der Waals surface area contributed by atoms with Gasteiger partial charge >= 0.3 is 11.9 Å². The van der Waals surface area contributed by atoms with E-state index in [4.69, 9.17) is 9.47 Å². The Hall–Kier alpha value is -1.88. The predicted octanol–water partition coefficient (Wildman–Crippen LogP) is 14.4. The van der Waals surface area contributed by atoms with Gasteiger partial charge in [0, 0.05) is 12.8 Å². The molecule has 1 unspecified atom stereocenters. The summed E-state index contributed by atoms with van der Waals surface area (Å²) in [5.74, 6) is -0.597. The van der Waals surface area contributed by atoms with E-state index in [0.29, 0.717) is 12.8 Å². The van der Waals surface area contributed by atoms with E-state index < -0.39 is 6.10 Å². The summed E-state index contributed by atoms with van der Waals surface area (Å²) in [4.78, 5) is 24.3. The average molecular weight is 731 g/mol. The van der Waals surface area contributed by atoms with Crippen molar-refractivity contribution in [3.8, 4) is 0 Å². The lowest BCUT2D eigenvalue weighted by Crippen LogP contribution is -2.28. The lowest BCUT2D eigenvalue weighted by molar-refractivity contribution is -0.161. The van der Waals surface area contributed by atoms with Gasteiger partial charge in [0.1, 0.15) is 6.61 Å². The number of ether oxygens (including phenoxy) is 2. The van der Waals surface area contributed by atoms with Crippen LogP contribution in [0.2, 0.25) is 0 Å². The summed E-state index contributed by atoms with van der Waals surface area (Å²) in [6, 6.07) is 0. The van der Waals surface area contributed by atoms with Crippen molar-refractivity contribution in [1.29, 1.82) is 0 Å². The Balaban J connectivity index is 3.46. The van der Waals surface area contributed by atoms with Gasteiger partial charge in [-0.25, -0.2) is 0 Å². The molecule has 0 spiro atoms. The maximum absolute atomic E-state index is 12.2. The third-order valence-electron chi connectivity index (χ3n) is 9.91. The first-order valence-corrected chi connectivity index (χ1v) is 22.5. The van der Waals surface area contributed by atoms with E-state index >= 15 is 0 Å². The average Bonchev–Trinajstić information content (AvgIpc) is 3.15. The Kier molecular flexibility index (Phi) is 42.0. The fraction of sp³-hybridized carbons (Fsp3) is 0.830. The van der Waals surface area contributed by atoms with E-state index in [2.05, 4.69) is 50.3 Å². The number of aliphatic hydroxyl groups is 1. The smallest absolute Gasteiger partial charge is 0.306 e. The number of allylic oxidation sites excluding steroid dienone is 6. The van der Waals surface area contributed by atoms with Crippen LogP contribution in [0.4, 0.5) is 0 Å². The molecule has 5 nitrogen and oxygen atoms in total. The first kappa shape index (κ1) is 50.1. The van der Waals surface area contributed by atoms with Gasteiger partial charge in [-0.05, 0) is 64.2 Å². The van der Waals surface area contributed by atoms with Crippen LogP contribution in [-0.4, -0.2) is 36.4 Å². The molecule has 304 valence electrons. The molecule has 0 aromatic rings. The summed E-state index contributed by atoms with van der Waals surface area (Å²) in [5.41, 5.74) is 0. The Morgan fingerprint density at radius 2 is 0.788 bits per heavy atom. The summed E-state index contributed by atoms with van der Waals surface area (Å²) in [7, 11) is 0. The quantitative estimate of drug-likeness (QED) is 0.0385. The summed E-state index contributed by atoms with van der Waals surface area (Å²) >= 11 is 0. The van der Waals surface area contributed by atoms with Crippen molar-refractivity contribution in [3.05, 3.63) is 36.5 Å². The van der Waals surface area contributed by atoms with Gasteiger partial charge in [-0.3, -0.25) is 9.59 Å². The van der Waals surface area contributed by atoms with Gasteiger partial charge in [-0.15, -0.1) is 0 Å². The molecule has 0 rings (SSSR count). The molecule has 0 aromatic carbocycles. The highest BCUT2D eigenvalue weighted by molar-refractivity contribution is 5.70. The maximum atomic E-state index is 12.2. The lowest BCUT2D eigenvalue weighted by atomic mass is 10.0. The number of carbonyl (C=O) groups is 2. The molecule has 0 fully saturated rings. The van der Waals surface area contributed by atoms with Gasteiger partial charge in [-0.1, -0.05) is 192 Å². The minimum Gasteiger partial charge on any atom is -0.462 e. The van der Waals surface area contributed by atoms with E-state index in [1.54, 1.807) is 0 Å². The second-order valence-electron chi connectivity index (χ2n) is 15.1. The number of hydrogen-bond acceptors (Lipinski definition) is 5. The van der Waals surface area contributed by atoms with E-state index in [1.165, 1.54) is 154 Å². The molecule has 0 saturated carbocycles. The van der Waals surface area contributed by atoms with Crippen molar-refractivity contribution in [1.82, 2.24) is 0 Å². The molecule has 0 aliphatic heterocycles. The van der Waals surface area contributed by atoms with Crippen LogP contribution in [-0.2, 0) is 19.1 Å². The second-order valence-corrected chi connectivity index (χ2v) is 15.1. The van der Waals surface area contributed by atoms with Gasteiger partial charge in [-0.2, -0.15) is 0 Å². The molecule has 0 saturated heterocycles. The molecule has 0 bridgehead atoms. The third-order valence-corrected chi connectivity index (χ3v) is 9.91. The van der Waals surface area contributed by atoms with Gasteiger partial charge in [0.15, 0.2) is 6.10 Å². The van der Waals surface area contributed by atoms with Crippen LogP contribution in [0.25, 0.3) is 0 Å². The topological polar surface area (TPSA) is 72.8 Å². The molecule has 0 amide bonds. The first-order valence-electron chi connectivity index (χ1n) is 22.5. The maximum Gasteiger partial charge on any atom is 0.306 e. The molecule has 0 aliphatic rings. The number of hydrogen-bond donors (Lipinski definition) is 1. The van der Waals surface area contributed by atoms with Crippen LogP contribution in [0, 0.1) is 0 Å². The zero-order valence-corrected chi connectivity index (χ0v) is 34.6. The Labute approximate surface area is 323 Å². The van der Waals surface area contributed by atoms with E-state index in [0.717, 1.165) is 51.4 Å². The van der Waals surface area contributed by atoms with Gasteiger partial charge < -0.3 is 14.6 Å². The van der Waals surface area contributed by atoms with Crippen molar-refractivity contribution < 1.29 is 24.2 Å². The van der Waals surface area contributed by atoms with Gasteiger partial charge in [0.05, 0.1) is 6.61 Å². The summed E-state index contributed by atoms with van der Waals surface area (Å²) < 4.78 is 10.6. The normalized spacial score (nSPS) is 12.4. The van der Waals surface area contributed by atoms with Crippen molar-refractivity contribution >= 4 is 11.9 Å². The van der Waals surface area contributed by atoms with Crippen LogP contribution in [0.3, 0.4) is 0 Å². The van der Waals surface area contributed by atoms with Gasteiger partial charge in [0.2, 0.25) is 0 Å². The molecule has 0 radical (unpaired) electrons. The number of unbranched alkanes of at least 4 members (excludes halogenated alkanes) is 27. The van der Waals surface area contributed by atoms with Crippen LogP contribution >= 0.6 is 0 Å². The third kappa shape index (κ3) is 40.9. The summed E-state index contributed by atoms with van der Waals surface area (Å²) in [6.45, 7) is 4.09. The highest BCUT2D eigenvalue weighted by Gasteiger charge is 2.16. The monoisotopic (exact) mass is 731 g/mol. The van der Waals surface area contributed by atoms with E-state index in [9.17, 15) is 14.7 Å². The predicted molar refractivity (Wildman–Crippen MR) is 224 cm³/mol. The largest absolute Gasteiger partial charge is 0.462 e. The molecular formula is C47H86O5. The highest BCUT2D eigenvalue weighted by atomic mass is 16.6. The Morgan fingerprint density at radius 1 is 0.442 bits per heavy atom. The molecular weight excluding hydrogens is 645 g/mol. The molecule has 1 atom stereocenters. The standard InChI is InChI=1S/C47H86O5/c1-3-5-7-9-11-13-15-16-17-18-19-20-21-22-23-24-25-26-27-28-29-30-32-34-36-38-40-42-47(50)52-45(43-48)44-51-46(49)41-39-37-35-33-31-14-12-10-8-6-4-2/h10,12,15-16,18-19,45,48H,3-9,11,13-14,17,20-44H2,1-2H3/b12-10-,16-15-,19-18-. The molecule has 0 aromatic heterocycles. The second kappa shape index (κ2) is 43.5. The van der Waals surface area contributed by atoms with E-state index in [1.807, 2.05) is 0 Å². The fourth-order valence-electron chi connectivity index (χ4n) is 6.45. The van der Waals surface area contributed by atoms with Crippen molar-refractivity contribution in [3.63, 3.8) is 0 Å². The zero-order chi connectivity index (χ0) is 37.8. The van der Waals surface area contributed by atoms with Gasteiger partial charge in [0.25, 0.3) is 0 Å². The molecule has 52 heavy (non-hydrogen) atoms. The van der Waals surface area contributed by atoms with Crippen molar-refractivity contribution in [2.75, 3.05) is 13.2 Å². The Morgan fingerprint density at radius 3 is 1.21 bits per heavy atom. The van der Waals surface area contributed by atoms with Crippen LogP contribution < -0.4 is 0 Å². The zero-order valence-electron chi connectivity index (χ0n) is 34.6. The number of esters is 2. The fourth-order valence-corrected chi connectivity index (χ4v) is 6.45. The number of carbonyl (C=O) groups excluding carboxylic acids is 2. The Bertz CT molecular complexity index is 832. The van der Waals surface area contributed by atoms with E-state index in [-0.39, 0.29) is 25.2 Å². The van der Waals surface area contributed by atoms with Crippen molar-refractivity contribution in [2.45, 2.75) is 238 Å². The van der Waals surface area contributed by atoms with Crippen LogP contribution in [0.1, 0.15) is 232 Å². The minimum atomic E-state index is -0.772. The first-order chi connectivity index (χ1) is 25.6. The summed E-state index contributed by atoms with van der Waals surface area (Å²) in [6.07, 6.45) is 53.7. The molecule has 0 heterocycles. The van der Waals surface area contributed by atoms with Crippen LogP contribution in [0.15, 0.2) is 36.5 Å². The van der Waals surface area contributed by atoms with Crippen LogP contribution in [0.5, 0.6) is 0 Å². The van der Waals surface area contributed by atoms with Crippen molar-refractivity contribution in [2.24, 2.45) is 0 Å². The molecule has 5 heteroatoms. The molecule has 1 N–H and O–H groups in total. The SMILES string of the molecule is CCCC/C=C\CCCCCCCC(=O)OCC(CO)OC(=O)CCCCCCCCCCCCCCCCC/C=C\C/C=C\CCCCCCC. The number of aliphatic hydroxyl groups excluding tert-OH is 1. The lowest BCUT2D eigenvalue weighted by Gasteiger charge is -2.15. The molecule has 0 aliphatic carbocycles.